The highest BCUT2D eigenvalue weighted by Gasteiger charge is 2.40. The highest BCUT2D eigenvalue weighted by molar-refractivity contribution is 5.85. The van der Waals surface area contributed by atoms with Crippen molar-refractivity contribution in [1.82, 2.24) is 10.2 Å². The summed E-state index contributed by atoms with van der Waals surface area (Å²) >= 11 is 0. The fourth-order valence-corrected chi connectivity index (χ4v) is 5.75. The highest BCUT2D eigenvalue weighted by atomic mass is 35.5. The summed E-state index contributed by atoms with van der Waals surface area (Å²) in [5.74, 6) is 2.55. The number of halogens is 1. The second kappa shape index (κ2) is 7.41. The zero-order valence-electron chi connectivity index (χ0n) is 14.4. The Bertz CT molecular complexity index is 404. The van der Waals surface area contributed by atoms with Crippen LogP contribution >= 0.6 is 12.4 Å². The first-order valence-electron chi connectivity index (χ1n) is 9.70. The van der Waals surface area contributed by atoms with Crippen molar-refractivity contribution in [2.24, 2.45) is 23.2 Å². The minimum Gasteiger partial charge on any atom is -0.317 e. The molecular formula is C19H33ClN2O. The number of carbonyl (C=O) groups is 1. The van der Waals surface area contributed by atoms with Crippen molar-refractivity contribution in [1.29, 1.82) is 0 Å². The third-order valence-electron chi connectivity index (χ3n) is 7.42. The van der Waals surface area contributed by atoms with Gasteiger partial charge in [-0.25, -0.2) is 0 Å². The Morgan fingerprint density at radius 3 is 2.22 bits per heavy atom. The Morgan fingerprint density at radius 2 is 1.65 bits per heavy atom. The van der Waals surface area contributed by atoms with E-state index in [1.54, 1.807) is 0 Å². The molecule has 1 spiro atoms. The van der Waals surface area contributed by atoms with Gasteiger partial charge in [0.1, 0.15) is 5.78 Å². The average Bonchev–Trinajstić information content (AvgIpc) is 2.57. The summed E-state index contributed by atoms with van der Waals surface area (Å²) in [7, 11) is 0. The Labute approximate surface area is 147 Å². The molecule has 4 aliphatic heterocycles. The molecule has 1 aliphatic carbocycles. The maximum Gasteiger partial charge on any atom is 0.136 e. The van der Waals surface area contributed by atoms with E-state index < -0.39 is 0 Å². The van der Waals surface area contributed by atoms with Crippen molar-refractivity contribution in [2.45, 2.75) is 57.8 Å². The number of nitrogens with one attached hydrogen (secondary N) is 1. The summed E-state index contributed by atoms with van der Waals surface area (Å²) in [5.41, 5.74) is 0.595. The van der Waals surface area contributed by atoms with E-state index in [4.69, 9.17) is 0 Å². The van der Waals surface area contributed by atoms with Crippen LogP contribution in [0.25, 0.3) is 0 Å². The third-order valence-corrected chi connectivity index (χ3v) is 7.42. The number of Topliss-reactive ketones (excluding diaryl/α,β-unsaturated/α-hetero) is 1. The van der Waals surface area contributed by atoms with Gasteiger partial charge in [0, 0.05) is 18.9 Å². The van der Waals surface area contributed by atoms with Gasteiger partial charge in [-0.05, 0) is 94.8 Å². The number of fused-ring (bicyclic) bond motifs is 3. The Balaban J connectivity index is 0.00000156. The molecule has 4 heteroatoms. The normalized spacial score (nSPS) is 36.6. The van der Waals surface area contributed by atoms with Crippen LogP contribution < -0.4 is 5.32 Å². The van der Waals surface area contributed by atoms with Gasteiger partial charge in [0.25, 0.3) is 0 Å². The SMILES string of the molecule is Cl.O=C(C[C@@H]1CN2CCC1CC2)C1CCC2(CCNCC2)CC1. The molecule has 23 heavy (non-hydrogen) atoms. The lowest BCUT2D eigenvalue weighted by atomic mass is 9.64. The molecule has 1 atom stereocenters. The first-order valence-corrected chi connectivity index (χ1v) is 9.70. The van der Waals surface area contributed by atoms with Crippen LogP contribution in [0.1, 0.15) is 57.8 Å². The number of nitrogens with zero attached hydrogens (tertiary/aromatic N) is 1. The molecule has 5 rings (SSSR count). The molecule has 0 unspecified atom stereocenters. The molecule has 0 radical (unpaired) electrons. The van der Waals surface area contributed by atoms with Crippen molar-refractivity contribution >= 4 is 18.2 Å². The van der Waals surface area contributed by atoms with E-state index in [1.807, 2.05) is 0 Å². The van der Waals surface area contributed by atoms with Gasteiger partial charge in [-0.1, -0.05) is 0 Å². The van der Waals surface area contributed by atoms with E-state index in [0.29, 0.717) is 23.0 Å². The second-order valence-corrected chi connectivity index (χ2v) is 8.59. The van der Waals surface area contributed by atoms with Crippen LogP contribution in [0.2, 0.25) is 0 Å². The van der Waals surface area contributed by atoms with Crippen molar-refractivity contribution in [3.05, 3.63) is 0 Å². The average molecular weight is 341 g/mol. The summed E-state index contributed by atoms with van der Waals surface area (Å²) in [6.45, 7) is 6.17. The lowest BCUT2D eigenvalue weighted by Gasteiger charge is -2.46. The van der Waals surface area contributed by atoms with Crippen molar-refractivity contribution in [3.8, 4) is 0 Å². The fraction of sp³-hybridized carbons (Fsp3) is 0.947. The van der Waals surface area contributed by atoms with Gasteiger partial charge in [0.15, 0.2) is 0 Å². The van der Waals surface area contributed by atoms with E-state index in [2.05, 4.69) is 10.2 Å². The zero-order chi connectivity index (χ0) is 15.0. The van der Waals surface area contributed by atoms with Gasteiger partial charge in [-0.15, -0.1) is 12.4 Å². The number of piperidine rings is 4. The van der Waals surface area contributed by atoms with E-state index in [-0.39, 0.29) is 12.4 Å². The minimum atomic E-state index is 0. The smallest absolute Gasteiger partial charge is 0.136 e. The monoisotopic (exact) mass is 340 g/mol. The van der Waals surface area contributed by atoms with Gasteiger partial charge < -0.3 is 10.2 Å². The number of rotatable bonds is 3. The Kier molecular flexibility index (Phi) is 5.70. The summed E-state index contributed by atoms with van der Waals surface area (Å²) in [6.07, 6.45) is 11.2. The molecule has 1 N–H and O–H groups in total. The standard InChI is InChI=1S/C19H32N2O.ClH/c22-18(13-17-14-21-11-3-15(17)4-12-21)16-1-5-19(6-2-16)7-9-20-10-8-19;/h15-17,20H,1-14H2;1H/t17-;/m1./s1. The second-order valence-electron chi connectivity index (χ2n) is 8.59. The number of hydrogen-bond acceptors (Lipinski definition) is 3. The van der Waals surface area contributed by atoms with Crippen molar-refractivity contribution in [3.63, 3.8) is 0 Å². The molecular weight excluding hydrogens is 308 g/mol. The maximum absolute atomic E-state index is 12.8. The molecule has 0 amide bonds. The maximum atomic E-state index is 12.8. The lowest BCUT2D eigenvalue weighted by Crippen LogP contribution is -2.48. The van der Waals surface area contributed by atoms with E-state index >= 15 is 0 Å². The van der Waals surface area contributed by atoms with Crippen LogP contribution in [0.3, 0.4) is 0 Å². The van der Waals surface area contributed by atoms with Crippen molar-refractivity contribution < 1.29 is 4.79 Å². The molecule has 0 aromatic carbocycles. The number of carbonyl (C=O) groups excluding carboxylic acids is 1. The van der Waals surface area contributed by atoms with Crippen LogP contribution in [0.4, 0.5) is 0 Å². The third kappa shape index (κ3) is 3.77. The molecule has 5 aliphatic rings. The van der Waals surface area contributed by atoms with Gasteiger partial charge in [0.05, 0.1) is 0 Å². The molecule has 1 saturated carbocycles. The van der Waals surface area contributed by atoms with Gasteiger partial charge >= 0.3 is 0 Å². The fourth-order valence-electron chi connectivity index (χ4n) is 5.75. The summed E-state index contributed by atoms with van der Waals surface area (Å²) in [6, 6.07) is 0. The largest absolute Gasteiger partial charge is 0.317 e. The van der Waals surface area contributed by atoms with Crippen LogP contribution in [-0.4, -0.2) is 43.4 Å². The number of ketones is 1. The van der Waals surface area contributed by atoms with Gasteiger partial charge in [-0.3, -0.25) is 4.79 Å². The van der Waals surface area contributed by atoms with Crippen LogP contribution in [0.5, 0.6) is 0 Å². The Hall–Kier alpha value is -0.120. The summed E-state index contributed by atoms with van der Waals surface area (Å²) in [5, 5.41) is 3.49. The van der Waals surface area contributed by atoms with Crippen LogP contribution in [-0.2, 0) is 4.79 Å². The van der Waals surface area contributed by atoms with E-state index in [1.165, 1.54) is 84.1 Å². The molecule has 132 valence electrons. The molecule has 0 aromatic heterocycles. The molecule has 4 heterocycles. The Morgan fingerprint density at radius 1 is 1.00 bits per heavy atom. The topological polar surface area (TPSA) is 32.3 Å². The summed E-state index contributed by atoms with van der Waals surface area (Å²) < 4.78 is 0. The molecule has 4 saturated heterocycles. The summed E-state index contributed by atoms with van der Waals surface area (Å²) in [4.78, 5) is 15.4. The van der Waals surface area contributed by atoms with Gasteiger partial charge in [-0.2, -0.15) is 0 Å². The van der Waals surface area contributed by atoms with Crippen LogP contribution in [0.15, 0.2) is 0 Å². The molecule has 0 aromatic rings. The first-order chi connectivity index (χ1) is 10.7. The number of hydrogen-bond donors (Lipinski definition) is 1. The molecule has 3 nitrogen and oxygen atoms in total. The van der Waals surface area contributed by atoms with Crippen LogP contribution in [0, 0.1) is 23.2 Å². The quantitative estimate of drug-likeness (QED) is 0.855. The van der Waals surface area contributed by atoms with Gasteiger partial charge in [0.2, 0.25) is 0 Å². The highest BCUT2D eigenvalue weighted by Crippen LogP contribution is 2.46. The van der Waals surface area contributed by atoms with E-state index in [9.17, 15) is 4.79 Å². The lowest BCUT2D eigenvalue weighted by molar-refractivity contribution is -0.127. The van der Waals surface area contributed by atoms with Crippen molar-refractivity contribution in [2.75, 3.05) is 32.7 Å². The predicted molar refractivity (Wildman–Crippen MR) is 96.0 cm³/mol. The predicted octanol–water partition coefficient (Wildman–Crippen LogP) is 3.27. The minimum absolute atomic E-state index is 0. The molecule has 2 bridgehead atoms. The van der Waals surface area contributed by atoms with E-state index in [0.717, 1.165) is 12.3 Å². The first kappa shape index (κ1) is 17.7. The molecule has 5 fully saturated rings. The zero-order valence-corrected chi connectivity index (χ0v) is 15.2.